The first-order valence-electron chi connectivity index (χ1n) is 7.38. The molecule has 1 aliphatic carbocycles. The summed E-state index contributed by atoms with van der Waals surface area (Å²) in [6.45, 7) is 1.80. The third kappa shape index (κ3) is 2.52. The van der Waals surface area contributed by atoms with Crippen molar-refractivity contribution in [2.75, 3.05) is 13.1 Å². The topological polar surface area (TPSA) is 41.1 Å². The molecule has 1 amide bonds. The van der Waals surface area contributed by atoms with Crippen molar-refractivity contribution in [2.24, 2.45) is 5.92 Å². The Morgan fingerprint density at radius 2 is 1.95 bits per heavy atom. The Kier molecular flexibility index (Phi) is 3.56. The van der Waals surface area contributed by atoms with Gasteiger partial charge in [0.05, 0.1) is 11.5 Å². The van der Waals surface area contributed by atoms with Gasteiger partial charge in [0.2, 0.25) is 5.91 Å². The van der Waals surface area contributed by atoms with Gasteiger partial charge in [-0.1, -0.05) is 43.2 Å². The predicted molar refractivity (Wildman–Crippen MR) is 75.7 cm³/mol. The van der Waals surface area contributed by atoms with Gasteiger partial charge in [-0.25, -0.2) is 0 Å². The van der Waals surface area contributed by atoms with Crippen molar-refractivity contribution >= 4 is 5.91 Å². The fraction of sp³-hybridized carbons (Fsp3) is 0.562. The number of carbonyl (C=O) groups is 1. The lowest BCUT2D eigenvalue weighted by Gasteiger charge is -2.32. The lowest BCUT2D eigenvalue weighted by atomic mass is 9.87. The largest absolute Gasteiger partial charge is 0.346 e. The summed E-state index contributed by atoms with van der Waals surface area (Å²) < 4.78 is 0. The third-order valence-corrected chi connectivity index (χ3v) is 4.58. The van der Waals surface area contributed by atoms with E-state index in [1.165, 1.54) is 18.4 Å². The van der Waals surface area contributed by atoms with Gasteiger partial charge in [-0.3, -0.25) is 4.79 Å². The Labute approximate surface area is 114 Å². The van der Waals surface area contributed by atoms with Crippen LogP contribution in [0.3, 0.4) is 0 Å². The van der Waals surface area contributed by atoms with Gasteiger partial charge in [0, 0.05) is 6.54 Å². The molecule has 0 radical (unpaired) electrons. The van der Waals surface area contributed by atoms with Crippen LogP contribution in [0.25, 0.3) is 0 Å². The van der Waals surface area contributed by atoms with E-state index in [1.54, 1.807) is 0 Å². The Hall–Kier alpha value is -1.35. The second kappa shape index (κ2) is 5.33. The number of rotatable bonds is 3. The smallest absolute Gasteiger partial charge is 0.225 e. The van der Waals surface area contributed by atoms with Gasteiger partial charge in [-0.2, -0.15) is 0 Å². The van der Waals surface area contributed by atoms with E-state index in [1.807, 2.05) is 6.07 Å². The summed E-state index contributed by atoms with van der Waals surface area (Å²) in [5.74, 6) is 0.386. The molecule has 2 N–H and O–H groups in total. The zero-order valence-corrected chi connectivity index (χ0v) is 11.3. The molecule has 0 bridgehead atoms. The van der Waals surface area contributed by atoms with E-state index in [2.05, 4.69) is 34.9 Å². The van der Waals surface area contributed by atoms with Gasteiger partial charge < -0.3 is 10.6 Å². The van der Waals surface area contributed by atoms with Crippen molar-refractivity contribution < 1.29 is 4.79 Å². The number of carbonyl (C=O) groups excluding carboxylic acids is 1. The fourth-order valence-electron chi connectivity index (χ4n) is 3.44. The van der Waals surface area contributed by atoms with E-state index in [-0.39, 0.29) is 17.4 Å². The summed E-state index contributed by atoms with van der Waals surface area (Å²) in [6, 6.07) is 10.5. The van der Waals surface area contributed by atoms with Crippen molar-refractivity contribution in [3.05, 3.63) is 35.9 Å². The minimum Gasteiger partial charge on any atom is -0.346 e. The maximum Gasteiger partial charge on any atom is 0.225 e. The standard InChI is InChI=1S/C16H22N2O/c19-15(13-8-11-17-12-13)18-16(9-4-5-10-16)14-6-2-1-3-7-14/h1-3,6-7,13,17H,4-5,8-12H2,(H,18,19). The molecule has 1 aliphatic heterocycles. The molecule has 3 heteroatoms. The average molecular weight is 258 g/mol. The molecule has 19 heavy (non-hydrogen) atoms. The Balaban J connectivity index is 1.79. The van der Waals surface area contributed by atoms with Crippen LogP contribution in [0, 0.1) is 5.92 Å². The van der Waals surface area contributed by atoms with Crippen LogP contribution < -0.4 is 10.6 Å². The van der Waals surface area contributed by atoms with Crippen molar-refractivity contribution in [3.63, 3.8) is 0 Å². The highest BCUT2D eigenvalue weighted by atomic mass is 16.2. The first kappa shape index (κ1) is 12.7. The molecule has 1 unspecified atom stereocenters. The molecule has 1 saturated heterocycles. The first-order chi connectivity index (χ1) is 9.30. The molecule has 1 heterocycles. The van der Waals surface area contributed by atoms with Gasteiger partial charge >= 0.3 is 0 Å². The van der Waals surface area contributed by atoms with Gasteiger partial charge in [0.1, 0.15) is 0 Å². The van der Waals surface area contributed by atoms with E-state index in [0.29, 0.717) is 0 Å². The molecule has 1 saturated carbocycles. The van der Waals surface area contributed by atoms with Crippen LogP contribution in [0.2, 0.25) is 0 Å². The molecule has 0 spiro atoms. The summed E-state index contributed by atoms with van der Waals surface area (Å²) in [5, 5.41) is 6.64. The van der Waals surface area contributed by atoms with Crippen LogP contribution in [-0.2, 0) is 10.3 Å². The van der Waals surface area contributed by atoms with E-state index < -0.39 is 0 Å². The van der Waals surface area contributed by atoms with Gasteiger partial charge in [-0.15, -0.1) is 0 Å². The fourth-order valence-corrected chi connectivity index (χ4v) is 3.44. The van der Waals surface area contributed by atoms with E-state index in [4.69, 9.17) is 0 Å². The molecule has 102 valence electrons. The molecule has 2 fully saturated rings. The molecular formula is C16H22N2O. The molecule has 3 nitrogen and oxygen atoms in total. The minimum atomic E-state index is -0.110. The minimum absolute atomic E-state index is 0.110. The zero-order chi connectivity index (χ0) is 13.1. The van der Waals surface area contributed by atoms with Crippen LogP contribution in [0.4, 0.5) is 0 Å². The zero-order valence-electron chi connectivity index (χ0n) is 11.3. The number of hydrogen-bond acceptors (Lipinski definition) is 2. The molecule has 3 rings (SSSR count). The molecular weight excluding hydrogens is 236 g/mol. The second-order valence-electron chi connectivity index (χ2n) is 5.83. The number of benzene rings is 1. The molecule has 1 aromatic carbocycles. The van der Waals surface area contributed by atoms with Crippen molar-refractivity contribution in [1.82, 2.24) is 10.6 Å². The molecule has 1 atom stereocenters. The van der Waals surface area contributed by atoms with Crippen LogP contribution in [0.5, 0.6) is 0 Å². The van der Waals surface area contributed by atoms with Crippen molar-refractivity contribution in [2.45, 2.75) is 37.6 Å². The monoisotopic (exact) mass is 258 g/mol. The molecule has 1 aromatic rings. The number of hydrogen-bond donors (Lipinski definition) is 2. The lowest BCUT2D eigenvalue weighted by molar-refractivity contribution is -0.126. The normalized spacial score (nSPS) is 25.4. The second-order valence-corrected chi connectivity index (χ2v) is 5.83. The maximum atomic E-state index is 12.4. The number of nitrogens with one attached hydrogen (secondary N) is 2. The Morgan fingerprint density at radius 1 is 1.21 bits per heavy atom. The van der Waals surface area contributed by atoms with Crippen LogP contribution in [0.1, 0.15) is 37.7 Å². The van der Waals surface area contributed by atoms with Crippen LogP contribution >= 0.6 is 0 Å². The molecule has 2 aliphatic rings. The predicted octanol–water partition coefficient (Wildman–Crippen LogP) is 2.18. The van der Waals surface area contributed by atoms with Gasteiger partial charge in [-0.05, 0) is 31.4 Å². The van der Waals surface area contributed by atoms with E-state index in [0.717, 1.165) is 32.4 Å². The third-order valence-electron chi connectivity index (χ3n) is 4.58. The molecule has 0 aromatic heterocycles. The van der Waals surface area contributed by atoms with E-state index >= 15 is 0 Å². The maximum absolute atomic E-state index is 12.4. The van der Waals surface area contributed by atoms with E-state index in [9.17, 15) is 4.79 Å². The van der Waals surface area contributed by atoms with Crippen molar-refractivity contribution in [3.8, 4) is 0 Å². The summed E-state index contributed by atoms with van der Waals surface area (Å²) in [7, 11) is 0. The highest BCUT2D eigenvalue weighted by Crippen LogP contribution is 2.39. The van der Waals surface area contributed by atoms with Gasteiger partial charge in [0.25, 0.3) is 0 Å². The van der Waals surface area contributed by atoms with Crippen LogP contribution in [0.15, 0.2) is 30.3 Å². The number of amides is 1. The quantitative estimate of drug-likeness (QED) is 0.872. The summed E-state index contributed by atoms with van der Waals surface area (Å²) >= 11 is 0. The Morgan fingerprint density at radius 3 is 2.58 bits per heavy atom. The highest BCUT2D eigenvalue weighted by Gasteiger charge is 2.38. The van der Waals surface area contributed by atoms with Crippen molar-refractivity contribution in [1.29, 1.82) is 0 Å². The van der Waals surface area contributed by atoms with Crippen LogP contribution in [-0.4, -0.2) is 19.0 Å². The highest BCUT2D eigenvalue weighted by molar-refractivity contribution is 5.80. The average Bonchev–Trinajstić information content (AvgIpc) is 3.11. The summed E-state index contributed by atoms with van der Waals surface area (Å²) in [4.78, 5) is 12.4. The lowest BCUT2D eigenvalue weighted by Crippen LogP contribution is -2.46. The first-order valence-corrected chi connectivity index (χ1v) is 7.38. The van der Waals surface area contributed by atoms with Gasteiger partial charge in [0.15, 0.2) is 0 Å². The Bertz CT molecular complexity index is 431. The SMILES string of the molecule is O=C(NC1(c2ccccc2)CCCC1)C1CCNC1. The summed E-state index contributed by atoms with van der Waals surface area (Å²) in [6.07, 6.45) is 5.53. The summed E-state index contributed by atoms with van der Waals surface area (Å²) in [5.41, 5.74) is 1.16.